The van der Waals surface area contributed by atoms with Crippen molar-refractivity contribution < 1.29 is 5.11 Å². The van der Waals surface area contributed by atoms with Crippen molar-refractivity contribution in [3.63, 3.8) is 0 Å². The second kappa shape index (κ2) is 15.8. The van der Waals surface area contributed by atoms with Gasteiger partial charge in [0.15, 0.2) is 0 Å². The van der Waals surface area contributed by atoms with Crippen LogP contribution in [0.3, 0.4) is 0 Å². The highest BCUT2D eigenvalue weighted by molar-refractivity contribution is 7.59. The molecule has 0 aromatic carbocycles. The van der Waals surface area contributed by atoms with E-state index in [0.29, 0.717) is 6.61 Å². The van der Waals surface area contributed by atoms with Gasteiger partial charge in [-0.05, 0) is 6.42 Å². The van der Waals surface area contributed by atoms with Gasteiger partial charge >= 0.3 is 0 Å². The number of hydrogen-bond acceptors (Lipinski definition) is 1. The molecule has 0 spiro atoms. The minimum absolute atomic E-state index is 0. The van der Waals surface area contributed by atoms with Crippen LogP contribution < -0.4 is 0 Å². The maximum absolute atomic E-state index is 8.57. The lowest BCUT2D eigenvalue weighted by Gasteiger charge is -2.00. The molecule has 2 radical (unpaired) electrons. The molecule has 0 aliphatic rings. The Hall–Kier alpha value is 0.310. The monoisotopic (exact) mass is 218 g/mol. The molecule has 0 heterocycles. The summed E-state index contributed by atoms with van der Waals surface area (Å²) in [6.07, 6.45) is 13.3. The zero-order valence-electron chi connectivity index (χ0n) is 9.63. The van der Waals surface area contributed by atoms with Crippen molar-refractivity contribution >= 4 is 13.5 Å². The molecule has 0 aliphatic heterocycles. The van der Waals surface area contributed by atoms with Crippen LogP contribution in [0.15, 0.2) is 0 Å². The zero-order valence-corrected chi connectivity index (χ0v) is 10.5. The van der Waals surface area contributed by atoms with Crippen molar-refractivity contribution in [3.05, 3.63) is 0 Å². The molecule has 0 saturated heterocycles. The van der Waals surface area contributed by atoms with E-state index in [0.717, 1.165) is 6.42 Å². The van der Waals surface area contributed by atoms with E-state index in [4.69, 9.17) is 5.11 Å². The summed E-state index contributed by atoms with van der Waals surface area (Å²) in [5.41, 5.74) is 0. The summed E-state index contributed by atoms with van der Waals surface area (Å²) in [6.45, 7) is 2.63. The predicted octanol–water partition coefficient (Wildman–Crippen LogP) is 4.55. The Morgan fingerprint density at radius 3 is 1.36 bits per heavy atom. The van der Waals surface area contributed by atoms with E-state index in [9.17, 15) is 0 Å². The number of hydrogen-bond donors (Lipinski definition) is 1. The molecule has 0 aliphatic carbocycles. The van der Waals surface area contributed by atoms with Gasteiger partial charge in [0.1, 0.15) is 0 Å². The predicted molar refractivity (Wildman–Crippen MR) is 66.5 cm³/mol. The summed E-state index contributed by atoms with van der Waals surface area (Å²) in [5, 5.41) is 8.57. The maximum atomic E-state index is 8.57. The summed E-state index contributed by atoms with van der Waals surface area (Å²) < 4.78 is 0. The van der Waals surface area contributed by atoms with Crippen molar-refractivity contribution in [2.45, 2.75) is 71.1 Å². The third kappa shape index (κ3) is 14.8. The molecule has 0 atom stereocenters. The van der Waals surface area contributed by atoms with Gasteiger partial charge in [0.05, 0.1) is 0 Å². The first-order chi connectivity index (χ1) is 6.41. The van der Waals surface area contributed by atoms with Crippen LogP contribution in [0, 0.1) is 0 Å². The normalized spacial score (nSPS) is 9.86. The van der Waals surface area contributed by atoms with Crippen LogP contribution in [0.2, 0.25) is 0 Å². The molecule has 0 bridgehead atoms. The molecular formula is C12H26OS. The van der Waals surface area contributed by atoms with E-state index >= 15 is 0 Å². The summed E-state index contributed by atoms with van der Waals surface area (Å²) in [7, 11) is 0. The number of aliphatic hydroxyl groups excluding tert-OH is 1. The van der Waals surface area contributed by atoms with E-state index in [-0.39, 0.29) is 13.5 Å². The molecule has 0 fully saturated rings. The molecule has 1 N–H and O–H groups in total. The second-order valence-corrected chi connectivity index (χ2v) is 3.91. The van der Waals surface area contributed by atoms with Crippen molar-refractivity contribution in [2.75, 3.05) is 6.61 Å². The molecule has 2 heteroatoms. The van der Waals surface area contributed by atoms with Gasteiger partial charge in [-0.15, -0.1) is 0 Å². The Balaban J connectivity index is 0. The number of rotatable bonds is 10. The molecule has 0 rings (SSSR count). The zero-order chi connectivity index (χ0) is 9.78. The molecule has 0 saturated carbocycles. The fourth-order valence-corrected chi connectivity index (χ4v) is 1.60. The number of aliphatic hydroxyl groups is 1. The van der Waals surface area contributed by atoms with Gasteiger partial charge in [0, 0.05) is 20.1 Å². The Bertz CT molecular complexity index is 76.4. The van der Waals surface area contributed by atoms with E-state index in [2.05, 4.69) is 6.92 Å². The first kappa shape index (κ1) is 16.7. The van der Waals surface area contributed by atoms with Gasteiger partial charge in [-0.1, -0.05) is 64.7 Å². The Morgan fingerprint density at radius 2 is 1.00 bits per heavy atom. The third-order valence-corrected chi connectivity index (χ3v) is 2.51. The fraction of sp³-hybridized carbons (Fsp3) is 1.00. The van der Waals surface area contributed by atoms with E-state index in [1.807, 2.05) is 0 Å². The maximum Gasteiger partial charge on any atom is 0.0431 e. The van der Waals surface area contributed by atoms with Crippen molar-refractivity contribution in [3.8, 4) is 0 Å². The Morgan fingerprint density at radius 1 is 0.643 bits per heavy atom. The average Bonchev–Trinajstić information content (AvgIpc) is 2.16. The minimum atomic E-state index is 0. The van der Waals surface area contributed by atoms with Crippen LogP contribution in [0.25, 0.3) is 0 Å². The summed E-state index contributed by atoms with van der Waals surface area (Å²) in [4.78, 5) is 0. The van der Waals surface area contributed by atoms with Gasteiger partial charge < -0.3 is 5.11 Å². The molecule has 1 nitrogen and oxygen atoms in total. The van der Waals surface area contributed by atoms with Crippen molar-refractivity contribution in [1.29, 1.82) is 0 Å². The smallest absolute Gasteiger partial charge is 0.0431 e. The number of unbranched alkanes of at least 4 members (excludes halogenated alkanes) is 9. The van der Waals surface area contributed by atoms with Gasteiger partial charge in [-0.25, -0.2) is 0 Å². The molecule has 0 unspecified atom stereocenters. The van der Waals surface area contributed by atoms with Crippen LogP contribution in [0.1, 0.15) is 71.1 Å². The molecule has 14 heavy (non-hydrogen) atoms. The topological polar surface area (TPSA) is 20.2 Å². The van der Waals surface area contributed by atoms with Crippen molar-refractivity contribution in [2.24, 2.45) is 0 Å². The summed E-state index contributed by atoms with van der Waals surface area (Å²) >= 11 is 0. The van der Waals surface area contributed by atoms with E-state index < -0.39 is 0 Å². The lowest BCUT2D eigenvalue weighted by Crippen LogP contribution is -1.84. The summed E-state index contributed by atoms with van der Waals surface area (Å²) in [5.74, 6) is 0. The molecule has 0 aromatic rings. The lowest BCUT2D eigenvalue weighted by atomic mass is 10.1. The van der Waals surface area contributed by atoms with E-state index in [1.165, 1.54) is 57.8 Å². The molecule has 0 aromatic heterocycles. The van der Waals surface area contributed by atoms with Crippen LogP contribution in [-0.4, -0.2) is 11.7 Å². The highest BCUT2D eigenvalue weighted by Gasteiger charge is 1.91. The van der Waals surface area contributed by atoms with Gasteiger partial charge in [-0.3, -0.25) is 0 Å². The molecular weight excluding hydrogens is 192 g/mol. The molecule has 0 amide bonds. The Labute approximate surface area is 96.7 Å². The van der Waals surface area contributed by atoms with Crippen LogP contribution in [-0.2, 0) is 0 Å². The Kier molecular flexibility index (Phi) is 18.8. The third-order valence-electron chi connectivity index (χ3n) is 2.51. The first-order valence-electron chi connectivity index (χ1n) is 6.02. The quantitative estimate of drug-likeness (QED) is 0.533. The SMILES string of the molecule is CCCCCCCCCCCCO.[S]. The highest BCUT2D eigenvalue weighted by atomic mass is 32.1. The van der Waals surface area contributed by atoms with Gasteiger partial charge in [-0.2, -0.15) is 0 Å². The average molecular weight is 218 g/mol. The van der Waals surface area contributed by atoms with Gasteiger partial charge in [0.2, 0.25) is 0 Å². The van der Waals surface area contributed by atoms with Gasteiger partial charge in [0.25, 0.3) is 0 Å². The van der Waals surface area contributed by atoms with Crippen molar-refractivity contribution in [1.82, 2.24) is 0 Å². The molecule has 86 valence electrons. The highest BCUT2D eigenvalue weighted by Crippen LogP contribution is 2.09. The summed E-state index contributed by atoms with van der Waals surface area (Å²) in [6, 6.07) is 0. The minimum Gasteiger partial charge on any atom is -0.396 e. The largest absolute Gasteiger partial charge is 0.396 e. The lowest BCUT2D eigenvalue weighted by molar-refractivity contribution is 0.282. The van der Waals surface area contributed by atoms with Crippen LogP contribution in [0.5, 0.6) is 0 Å². The van der Waals surface area contributed by atoms with Crippen LogP contribution in [0.4, 0.5) is 0 Å². The second-order valence-electron chi connectivity index (χ2n) is 3.91. The standard InChI is InChI=1S/C12H26O.S/c1-2-3-4-5-6-7-8-9-10-11-12-13;/h13H,2-12H2,1H3;. The first-order valence-corrected chi connectivity index (χ1v) is 6.02. The fourth-order valence-electron chi connectivity index (χ4n) is 1.60. The van der Waals surface area contributed by atoms with E-state index in [1.54, 1.807) is 0 Å². The van der Waals surface area contributed by atoms with Crippen LogP contribution >= 0.6 is 13.5 Å².